The molecule has 27 heavy (non-hydrogen) atoms. The average molecular weight is 420 g/mol. The molecule has 0 atom stereocenters. The molecule has 1 heterocycles. The Morgan fingerprint density at radius 2 is 1.63 bits per heavy atom. The van der Waals surface area contributed by atoms with E-state index in [1.807, 2.05) is 42.5 Å². The quantitative estimate of drug-likeness (QED) is 0.478. The highest BCUT2D eigenvalue weighted by atomic mass is 79.9. The van der Waals surface area contributed by atoms with Gasteiger partial charge in [-0.1, -0.05) is 24.3 Å². The third-order valence-corrected chi connectivity index (χ3v) is 4.64. The number of benzene rings is 3. The van der Waals surface area contributed by atoms with Crippen LogP contribution >= 0.6 is 15.9 Å². The van der Waals surface area contributed by atoms with Crippen LogP contribution in [0, 0.1) is 0 Å². The largest absolute Gasteiger partial charge is 0.438 e. The molecule has 0 spiro atoms. The number of nitrogens with zero attached hydrogens (tertiary/aromatic N) is 2. The highest BCUT2D eigenvalue weighted by Crippen LogP contribution is 2.27. The molecular formula is C21H14BrN3O2. The van der Waals surface area contributed by atoms with Crippen LogP contribution in [0.15, 0.2) is 83.6 Å². The van der Waals surface area contributed by atoms with Crippen LogP contribution in [0.4, 0.5) is 5.69 Å². The summed E-state index contributed by atoms with van der Waals surface area (Å²) in [5.41, 5.74) is 2.07. The highest BCUT2D eigenvalue weighted by molar-refractivity contribution is 9.10. The minimum Gasteiger partial charge on any atom is -0.438 e. The van der Waals surface area contributed by atoms with E-state index in [-0.39, 0.29) is 5.91 Å². The maximum atomic E-state index is 12.4. The molecule has 0 aliphatic rings. The summed E-state index contributed by atoms with van der Waals surface area (Å²) in [5, 5.41) is 3.71. The molecule has 0 unspecified atom stereocenters. The zero-order chi connectivity index (χ0) is 18.6. The number of rotatable bonds is 4. The second-order valence-electron chi connectivity index (χ2n) is 5.76. The predicted octanol–water partition coefficient (Wildman–Crippen LogP) is 5.44. The van der Waals surface area contributed by atoms with E-state index in [9.17, 15) is 4.79 Å². The molecule has 0 aliphatic heterocycles. The van der Waals surface area contributed by atoms with Crippen molar-refractivity contribution in [3.05, 3.63) is 89.2 Å². The standard InChI is InChI=1S/C21H14BrN3O2/c22-18-7-3-1-5-16(18)20(26)25-14-9-11-15(12-10-14)27-21-17-6-2-4-8-19(17)23-13-24-21/h1-13H,(H,25,26). The van der Waals surface area contributed by atoms with Crippen LogP contribution in [-0.2, 0) is 0 Å². The van der Waals surface area contributed by atoms with E-state index in [0.717, 1.165) is 15.4 Å². The summed E-state index contributed by atoms with van der Waals surface area (Å²) in [6.07, 6.45) is 1.48. The number of ether oxygens (including phenoxy) is 1. The third-order valence-electron chi connectivity index (χ3n) is 3.95. The fourth-order valence-corrected chi connectivity index (χ4v) is 3.09. The molecule has 0 aliphatic carbocycles. The summed E-state index contributed by atoms with van der Waals surface area (Å²) in [7, 11) is 0. The van der Waals surface area contributed by atoms with Gasteiger partial charge in [-0.2, -0.15) is 0 Å². The molecule has 0 fully saturated rings. The van der Waals surface area contributed by atoms with Crippen LogP contribution in [0.3, 0.4) is 0 Å². The molecule has 1 amide bonds. The van der Waals surface area contributed by atoms with Crippen molar-refractivity contribution in [2.75, 3.05) is 5.32 Å². The lowest BCUT2D eigenvalue weighted by molar-refractivity contribution is 0.102. The molecule has 4 rings (SSSR count). The van der Waals surface area contributed by atoms with Crippen LogP contribution in [-0.4, -0.2) is 15.9 Å². The van der Waals surface area contributed by atoms with Gasteiger partial charge in [0, 0.05) is 10.2 Å². The Balaban J connectivity index is 1.51. The smallest absolute Gasteiger partial charge is 0.256 e. The minimum absolute atomic E-state index is 0.182. The van der Waals surface area contributed by atoms with E-state index in [1.165, 1.54) is 6.33 Å². The van der Waals surface area contributed by atoms with E-state index in [4.69, 9.17) is 4.74 Å². The van der Waals surface area contributed by atoms with Gasteiger partial charge in [0.1, 0.15) is 12.1 Å². The minimum atomic E-state index is -0.182. The van der Waals surface area contributed by atoms with Crippen LogP contribution in [0.2, 0.25) is 0 Å². The molecule has 1 aromatic heterocycles. The number of carbonyl (C=O) groups is 1. The Hall–Kier alpha value is -3.25. The molecule has 132 valence electrons. The van der Waals surface area contributed by atoms with E-state index >= 15 is 0 Å². The molecule has 3 aromatic carbocycles. The Morgan fingerprint density at radius 3 is 2.44 bits per heavy atom. The second kappa shape index (κ2) is 7.55. The van der Waals surface area contributed by atoms with Gasteiger partial charge in [0.25, 0.3) is 5.91 Å². The number of hydrogen-bond donors (Lipinski definition) is 1. The number of amides is 1. The van der Waals surface area contributed by atoms with Gasteiger partial charge >= 0.3 is 0 Å². The van der Waals surface area contributed by atoms with Crippen LogP contribution in [0.5, 0.6) is 11.6 Å². The van der Waals surface area contributed by atoms with Crippen LogP contribution in [0.25, 0.3) is 10.9 Å². The summed E-state index contributed by atoms with van der Waals surface area (Å²) in [6.45, 7) is 0. The first kappa shape index (κ1) is 17.2. The zero-order valence-electron chi connectivity index (χ0n) is 14.1. The van der Waals surface area contributed by atoms with Gasteiger partial charge < -0.3 is 10.1 Å². The van der Waals surface area contributed by atoms with E-state index in [2.05, 4.69) is 31.2 Å². The van der Waals surface area contributed by atoms with Crippen molar-refractivity contribution in [1.29, 1.82) is 0 Å². The monoisotopic (exact) mass is 419 g/mol. The summed E-state index contributed by atoms with van der Waals surface area (Å²) < 4.78 is 6.63. The van der Waals surface area contributed by atoms with Gasteiger partial charge in [0.2, 0.25) is 5.88 Å². The van der Waals surface area contributed by atoms with Crippen molar-refractivity contribution < 1.29 is 9.53 Å². The zero-order valence-corrected chi connectivity index (χ0v) is 15.7. The maximum absolute atomic E-state index is 12.4. The normalized spacial score (nSPS) is 10.6. The van der Waals surface area contributed by atoms with Crippen molar-refractivity contribution in [2.24, 2.45) is 0 Å². The van der Waals surface area contributed by atoms with Crippen LogP contribution < -0.4 is 10.1 Å². The van der Waals surface area contributed by atoms with Gasteiger partial charge in [0.05, 0.1) is 16.5 Å². The fraction of sp³-hybridized carbons (Fsp3) is 0. The number of halogens is 1. The highest BCUT2D eigenvalue weighted by Gasteiger charge is 2.10. The van der Waals surface area contributed by atoms with Crippen LogP contribution in [0.1, 0.15) is 10.4 Å². The number of carbonyl (C=O) groups excluding carboxylic acids is 1. The molecule has 6 heteroatoms. The second-order valence-corrected chi connectivity index (χ2v) is 6.61. The van der Waals surface area contributed by atoms with Gasteiger partial charge in [-0.3, -0.25) is 4.79 Å². The number of fused-ring (bicyclic) bond motifs is 1. The first-order valence-corrected chi connectivity index (χ1v) is 9.03. The SMILES string of the molecule is O=C(Nc1ccc(Oc2ncnc3ccccc23)cc1)c1ccccc1Br. The third kappa shape index (κ3) is 3.80. The number of nitrogens with one attached hydrogen (secondary N) is 1. The molecule has 0 bridgehead atoms. The summed E-state index contributed by atoms with van der Waals surface area (Å²) >= 11 is 3.39. The molecule has 4 aromatic rings. The van der Waals surface area contributed by atoms with Crippen molar-refractivity contribution in [3.63, 3.8) is 0 Å². The lowest BCUT2D eigenvalue weighted by Crippen LogP contribution is -2.12. The molecule has 0 radical (unpaired) electrons. The van der Waals surface area contributed by atoms with Crippen molar-refractivity contribution in [3.8, 4) is 11.6 Å². The summed E-state index contributed by atoms with van der Waals surface area (Å²) in [5.74, 6) is 0.932. The predicted molar refractivity (Wildman–Crippen MR) is 108 cm³/mol. The molecule has 1 N–H and O–H groups in total. The van der Waals surface area contributed by atoms with Crippen molar-refractivity contribution in [1.82, 2.24) is 9.97 Å². The van der Waals surface area contributed by atoms with E-state index in [0.29, 0.717) is 22.9 Å². The van der Waals surface area contributed by atoms with Gasteiger partial charge in [0.15, 0.2) is 0 Å². The number of anilines is 1. The first-order chi connectivity index (χ1) is 13.2. The van der Waals surface area contributed by atoms with Crippen molar-refractivity contribution >= 4 is 38.4 Å². The number of hydrogen-bond acceptors (Lipinski definition) is 4. The molecule has 0 saturated carbocycles. The molecule has 5 nitrogen and oxygen atoms in total. The van der Waals surface area contributed by atoms with Gasteiger partial charge in [-0.15, -0.1) is 0 Å². The number of aromatic nitrogens is 2. The first-order valence-electron chi connectivity index (χ1n) is 8.24. The topological polar surface area (TPSA) is 64.1 Å². The Labute approximate surface area is 164 Å². The average Bonchev–Trinajstić information content (AvgIpc) is 2.70. The maximum Gasteiger partial charge on any atom is 0.256 e. The Bertz CT molecular complexity index is 1110. The van der Waals surface area contributed by atoms with Gasteiger partial charge in [-0.25, -0.2) is 9.97 Å². The summed E-state index contributed by atoms with van der Waals surface area (Å²) in [6, 6.07) is 22.1. The lowest BCUT2D eigenvalue weighted by atomic mass is 10.2. The van der Waals surface area contributed by atoms with Crippen molar-refractivity contribution in [2.45, 2.75) is 0 Å². The Morgan fingerprint density at radius 1 is 0.889 bits per heavy atom. The molecular weight excluding hydrogens is 406 g/mol. The number of para-hydroxylation sites is 1. The van der Waals surface area contributed by atoms with Gasteiger partial charge in [-0.05, 0) is 64.5 Å². The fourth-order valence-electron chi connectivity index (χ4n) is 2.62. The Kier molecular flexibility index (Phi) is 4.80. The molecule has 0 saturated heterocycles. The van der Waals surface area contributed by atoms with E-state index in [1.54, 1.807) is 30.3 Å². The summed E-state index contributed by atoms with van der Waals surface area (Å²) in [4.78, 5) is 20.8. The lowest BCUT2D eigenvalue weighted by Gasteiger charge is -2.09. The van der Waals surface area contributed by atoms with E-state index < -0.39 is 0 Å².